The number of carbonyl (C=O) groups excluding carboxylic acids is 2. The van der Waals surface area contributed by atoms with Crippen LogP contribution >= 0.6 is 0 Å². The lowest BCUT2D eigenvalue weighted by atomic mass is 9.60. The van der Waals surface area contributed by atoms with Crippen LogP contribution in [0.4, 0.5) is 0 Å². The van der Waals surface area contributed by atoms with E-state index in [0.29, 0.717) is 0 Å². The van der Waals surface area contributed by atoms with Crippen molar-refractivity contribution < 1.29 is 19.1 Å². The summed E-state index contributed by atoms with van der Waals surface area (Å²) in [7, 11) is 3.00. The summed E-state index contributed by atoms with van der Waals surface area (Å²) in [5, 5.41) is 0. The normalized spacial score (nSPS) is 45.2. The van der Waals surface area contributed by atoms with Gasteiger partial charge in [-0.2, -0.15) is 0 Å². The molecule has 0 aromatic rings. The molecule has 26 heavy (non-hydrogen) atoms. The van der Waals surface area contributed by atoms with E-state index in [9.17, 15) is 9.59 Å². The Morgan fingerprint density at radius 3 is 1.54 bits per heavy atom. The monoisotopic (exact) mass is 356 g/mol. The van der Waals surface area contributed by atoms with Crippen molar-refractivity contribution in [3.63, 3.8) is 0 Å². The van der Waals surface area contributed by atoms with Crippen molar-refractivity contribution in [2.75, 3.05) is 14.2 Å². The molecule has 0 saturated heterocycles. The molecule has 3 saturated carbocycles. The van der Waals surface area contributed by atoms with E-state index in [1.807, 2.05) is 0 Å². The Kier molecular flexibility index (Phi) is 3.48. The highest BCUT2D eigenvalue weighted by Crippen LogP contribution is 3.01. The van der Waals surface area contributed by atoms with Crippen molar-refractivity contribution in [1.29, 1.82) is 0 Å². The van der Waals surface area contributed by atoms with Crippen LogP contribution < -0.4 is 0 Å². The first-order valence-corrected chi connectivity index (χ1v) is 10.2. The Labute approximate surface area is 155 Å². The molecular weight excluding hydrogens is 328 g/mol. The Morgan fingerprint density at radius 1 is 0.808 bits per heavy atom. The van der Waals surface area contributed by atoms with Crippen molar-refractivity contribution in [1.82, 2.24) is 0 Å². The fourth-order valence-corrected chi connectivity index (χ4v) is 7.49. The zero-order valence-electron chi connectivity index (χ0n) is 15.8. The minimum Gasteiger partial charge on any atom is -0.469 e. The van der Waals surface area contributed by atoms with Crippen LogP contribution in [0.5, 0.6) is 0 Å². The zero-order chi connectivity index (χ0) is 18.1. The SMILES string of the molecule is COC(=O)C1C2C3C(C(=O)OC)C3(C3=CCCCC3)C12C1=CCCCC1. The highest BCUT2D eigenvalue weighted by molar-refractivity contribution is 5.90. The van der Waals surface area contributed by atoms with Crippen LogP contribution in [-0.2, 0) is 19.1 Å². The minimum atomic E-state index is -0.146. The second-order valence-electron chi connectivity index (χ2n) is 8.74. The van der Waals surface area contributed by atoms with Gasteiger partial charge in [0.15, 0.2) is 0 Å². The number of esters is 2. The molecule has 6 atom stereocenters. The maximum atomic E-state index is 12.6. The van der Waals surface area contributed by atoms with Crippen molar-refractivity contribution >= 4 is 11.9 Å². The molecule has 3 fully saturated rings. The summed E-state index contributed by atoms with van der Waals surface area (Å²) >= 11 is 0. The average molecular weight is 356 g/mol. The molecule has 6 unspecified atom stereocenters. The third-order valence-electron chi connectivity index (χ3n) is 8.16. The molecule has 0 bridgehead atoms. The molecule has 5 aliphatic carbocycles. The zero-order valence-corrected chi connectivity index (χ0v) is 15.8. The molecule has 4 nitrogen and oxygen atoms in total. The van der Waals surface area contributed by atoms with Gasteiger partial charge >= 0.3 is 11.9 Å². The average Bonchev–Trinajstić information content (AvgIpc) is 3.52. The van der Waals surface area contributed by atoms with Crippen LogP contribution in [0, 0.1) is 34.5 Å². The van der Waals surface area contributed by atoms with Crippen LogP contribution in [-0.4, -0.2) is 26.2 Å². The molecule has 4 heteroatoms. The lowest BCUT2D eigenvalue weighted by molar-refractivity contribution is -0.146. The van der Waals surface area contributed by atoms with E-state index in [4.69, 9.17) is 9.47 Å². The molecule has 0 aromatic heterocycles. The lowest BCUT2D eigenvalue weighted by Crippen LogP contribution is -2.38. The van der Waals surface area contributed by atoms with Crippen molar-refractivity contribution in [3.05, 3.63) is 23.3 Å². The van der Waals surface area contributed by atoms with Crippen LogP contribution in [0.2, 0.25) is 0 Å². The van der Waals surface area contributed by atoms with Gasteiger partial charge in [0.25, 0.3) is 0 Å². The molecule has 0 N–H and O–H groups in total. The van der Waals surface area contributed by atoms with E-state index >= 15 is 0 Å². The van der Waals surface area contributed by atoms with Crippen LogP contribution in [0.15, 0.2) is 23.3 Å². The van der Waals surface area contributed by atoms with Gasteiger partial charge in [-0.15, -0.1) is 0 Å². The molecule has 0 aliphatic heterocycles. The Morgan fingerprint density at radius 2 is 1.23 bits per heavy atom. The van der Waals surface area contributed by atoms with Gasteiger partial charge in [0.1, 0.15) is 0 Å². The number of fused-ring (bicyclic) bond motifs is 4. The van der Waals surface area contributed by atoms with E-state index in [1.165, 1.54) is 51.0 Å². The van der Waals surface area contributed by atoms with E-state index in [0.717, 1.165) is 25.7 Å². The van der Waals surface area contributed by atoms with E-state index in [2.05, 4.69) is 12.2 Å². The first-order valence-electron chi connectivity index (χ1n) is 10.2. The number of ether oxygens (including phenoxy) is 2. The number of carbonyl (C=O) groups is 2. The van der Waals surface area contributed by atoms with E-state index in [1.54, 1.807) is 0 Å². The highest BCUT2D eigenvalue weighted by atomic mass is 16.5. The number of allylic oxidation sites excluding steroid dienone is 4. The van der Waals surface area contributed by atoms with E-state index < -0.39 is 0 Å². The fraction of sp³-hybridized carbons (Fsp3) is 0.727. The van der Waals surface area contributed by atoms with Crippen molar-refractivity contribution in [2.24, 2.45) is 34.5 Å². The Balaban J connectivity index is 1.62. The number of hydrogen-bond acceptors (Lipinski definition) is 4. The second-order valence-corrected chi connectivity index (χ2v) is 8.74. The van der Waals surface area contributed by atoms with Crippen molar-refractivity contribution in [2.45, 2.75) is 51.4 Å². The Hall–Kier alpha value is -1.58. The topological polar surface area (TPSA) is 52.6 Å². The van der Waals surface area contributed by atoms with Gasteiger partial charge < -0.3 is 9.47 Å². The molecule has 0 radical (unpaired) electrons. The maximum Gasteiger partial charge on any atom is 0.309 e. The van der Waals surface area contributed by atoms with Gasteiger partial charge in [-0.05, 0) is 63.2 Å². The lowest BCUT2D eigenvalue weighted by Gasteiger charge is -2.42. The van der Waals surface area contributed by atoms with E-state index in [-0.39, 0.29) is 46.4 Å². The number of hydrogen-bond donors (Lipinski definition) is 0. The molecule has 5 rings (SSSR count). The maximum absolute atomic E-state index is 12.6. The summed E-state index contributed by atoms with van der Waals surface area (Å²) < 4.78 is 10.4. The fourth-order valence-electron chi connectivity index (χ4n) is 7.49. The molecule has 0 spiro atoms. The molecule has 140 valence electrons. The first kappa shape index (κ1) is 16.6. The number of methoxy groups -OCH3 is 2. The quantitative estimate of drug-likeness (QED) is 0.568. The smallest absolute Gasteiger partial charge is 0.309 e. The molecular formula is C22H28O4. The summed E-state index contributed by atoms with van der Waals surface area (Å²) in [4.78, 5) is 25.3. The van der Waals surface area contributed by atoms with Gasteiger partial charge in [0.2, 0.25) is 0 Å². The predicted molar refractivity (Wildman–Crippen MR) is 96.0 cm³/mol. The van der Waals surface area contributed by atoms with Gasteiger partial charge in [0, 0.05) is 10.8 Å². The summed E-state index contributed by atoms with van der Waals surface area (Å²) in [6.07, 6.45) is 13.9. The van der Waals surface area contributed by atoms with Gasteiger partial charge in [-0.3, -0.25) is 9.59 Å². The summed E-state index contributed by atoms with van der Waals surface area (Å²) in [6, 6.07) is 0. The standard InChI is InChI=1S/C22H28O4/c1-25-19(23)17-15-16-18(20(24)26-2)22(16,14-11-7-4-8-12-14)21(15,17)13-9-5-3-6-10-13/h9,11,15-18H,3-8,10,12H2,1-2H3. The summed E-state index contributed by atoms with van der Waals surface area (Å²) in [5.41, 5.74) is 2.59. The molecule has 5 aliphatic rings. The van der Waals surface area contributed by atoms with Crippen LogP contribution in [0.3, 0.4) is 0 Å². The minimum absolute atomic E-state index is 0.0504. The predicted octanol–water partition coefficient (Wildman–Crippen LogP) is 3.81. The van der Waals surface area contributed by atoms with Gasteiger partial charge in [-0.1, -0.05) is 23.3 Å². The van der Waals surface area contributed by atoms with Crippen LogP contribution in [0.25, 0.3) is 0 Å². The molecule has 0 amide bonds. The third kappa shape index (κ3) is 1.63. The van der Waals surface area contributed by atoms with Crippen LogP contribution in [0.1, 0.15) is 51.4 Å². The highest BCUT2D eigenvalue weighted by Gasteiger charge is 3.03. The second kappa shape index (κ2) is 5.46. The Bertz CT molecular complexity index is 672. The first-order chi connectivity index (χ1) is 12.7. The van der Waals surface area contributed by atoms with Gasteiger partial charge in [0.05, 0.1) is 26.1 Å². The summed E-state index contributed by atoms with van der Waals surface area (Å²) in [6.45, 7) is 0. The summed E-state index contributed by atoms with van der Waals surface area (Å²) in [5.74, 6) is 0.315. The molecule has 0 heterocycles. The largest absolute Gasteiger partial charge is 0.469 e. The molecule has 0 aromatic carbocycles. The third-order valence-corrected chi connectivity index (χ3v) is 8.16. The van der Waals surface area contributed by atoms with Gasteiger partial charge in [-0.25, -0.2) is 0 Å². The number of rotatable bonds is 4. The van der Waals surface area contributed by atoms with Crippen molar-refractivity contribution in [3.8, 4) is 0 Å².